The molecule has 134 valence electrons. The van der Waals surface area contributed by atoms with Crippen LogP contribution in [0.1, 0.15) is 10.4 Å². The van der Waals surface area contributed by atoms with Gasteiger partial charge in [0.05, 0.1) is 0 Å². The molecule has 0 saturated carbocycles. The van der Waals surface area contributed by atoms with Crippen molar-refractivity contribution in [3.63, 3.8) is 0 Å². The lowest BCUT2D eigenvalue weighted by Gasteiger charge is -2.33. The van der Waals surface area contributed by atoms with Gasteiger partial charge in [-0.2, -0.15) is 4.31 Å². The van der Waals surface area contributed by atoms with Crippen molar-refractivity contribution in [2.24, 2.45) is 0 Å². The first-order valence-electron chi connectivity index (χ1n) is 8.20. The highest BCUT2D eigenvalue weighted by Gasteiger charge is 2.29. The van der Waals surface area contributed by atoms with Gasteiger partial charge in [0, 0.05) is 37.6 Å². The van der Waals surface area contributed by atoms with Crippen LogP contribution in [0.4, 0.5) is 0 Å². The van der Waals surface area contributed by atoms with E-state index in [-0.39, 0.29) is 6.79 Å². The Hall–Kier alpha value is -1.61. The summed E-state index contributed by atoms with van der Waals surface area (Å²) in [6.07, 6.45) is 0. The number of thiophene rings is 1. The molecular weight excluding hydrogens is 360 g/mol. The van der Waals surface area contributed by atoms with Gasteiger partial charge in [-0.1, -0.05) is 6.07 Å². The van der Waals surface area contributed by atoms with E-state index < -0.39 is 10.0 Å². The second-order valence-electron chi connectivity index (χ2n) is 6.23. The molecule has 2 aliphatic rings. The van der Waals surface area contributed by atoms with E-state index in [1.807, 2.05) is 31.2 Å². The van der Waals surface area contributed by atoms with Gasteiger partial charge in [-0.25, -0.2) is 8.42 Å². The normalized spacial score (nSPS) is 18.6. The molecule has 6 nitrogen and oxygen atoms in total. The fourth-order valence-electron chi connectivity index (χ4n) is 3.10. The van der Waals surface area contributed by atoms with Crippen LogP contribution >= 0.6 is 11.3 Å². The predicted molar refractivity (Wildman–Crippen MR) is 95.7 cm³/mol. The Labute approximate surface area is 151 Å². The smallest absolute Gasteiger partial charge is 0.252 e. The fourth-order valence-corrected chi connectivity index (χ4v) is 5.96. The van der Waals surface area contributed by atoms with Gasteiger partial charge < -0.3 is 9.47 Å². The van der Waals surface area contributed by atoms with E-state index in [1.54, 1.807) is 10.4 Å². The number of benzene rings is 1. The number of ether oxygens (including phenoxy) is 2. The maximum absolute atomic E-state index is 12.7. The third-order valence-electron chi connectivity index (χ3n) is 4.48. The first-order valence-corrected chi connectivity index (χ1v) is 10.5. The first-order chi connectivity index (χ1) is 12.0. The lowest BCUT2D eigenvalue weighted by Crippen LogP contribution is -2.48. The highest BCUT2D eigenvalue weighted by molar-refractivity contribution is 7.91. The topological polar surface area (TPSA) is 59.1 Å². The molecule has 1 fully saturated rings. The minimum atomic E-state index is -3.36. The molecule has 0 radical (unpaired) electrons. The predicted octanol–water partition coefficient (Wildman–Crippen LogP) is 2.29. The number of hydrogen-bond acceptors (Lipinski definition) is 6. The number of nitrogens with zero attached hydrogens (tertiary/aromatic N) is 2. The van der Waals surface area contributed by atoms with E-state index in [0.29, 0.717) is 17.3 Å². The maximum Gasteiger partial charge on any atom is 0.252 e. The Morgan fingerprint density at radius 2 is 1.80 bits per heavy atom. The molecule has 1 aromatic carbocycles. The monoisotopic (exact) mass is 380 g/mol. The maximum atomic E-state index is 12.7. The molecule has 0 bridgehead atoms. The van der Waals surface area contributed by atoms with Gasteiger partial charge in [0.25, 0.3) is 10.0 Å². The molecule has 0 atom stereocenters. The van der Waals surface area contributed by atoms with Gasteiger partial charge in [-0.3, -0.25) is 4.90 Å². The van der Waals surface area contributed by atoms with Crippen LogP contribution < -0.4 is 9.47 Å². The van der Waals surface area contributed by atoms with Crippen molar-refractivity contribution < 1.29 is 17.9 Å². The van der Waals surface area contributed by atoms with Gasteiger partial charge in [0.2, 0.25) is 6.79 Å². The molecule has 4 rings (SSSR count). The lowest BCUT2D eigenvalue weighted by atomic mass is 10.2. The van der Waals surface area contributed by atoms with Crippen LogP contribution in [0.5, 0.6) is 11.5 Å². The third-order valence-corrected chi connectivity index (χ3v) is 7.85. The molecule has 2 aliphatic heterocycles. The zero-order valence-electron chi connectivity index (χ0n) is 14.0. The number of fused-ring (bicyclic) bond motifs is 1. The molecule has 3 heterocycles. The van der Waals surface area contributed by atoms with Crippen LogP contribution in [-0.4, -0.2) is 50.6 Å². The molecule has 0 aliphatic carbocycles. The van der Waals surface area contributed by atoms with Gasteiger partial charge in [-0.05, 0) is 36.8 Å². The Kier molecular flexibility index (Phi) is 4.45. The average molecular weight is 380 g/mol. The SMILES string of the molecule is Cc1ccc(S(=O)(=O)N2CCN(Cc3ccc4c(c3)OCO4)CC2)s1. The van der Waals surface area contributed by atoms with Crippen molar-refractivity contribution in [3.05, 3.63) is 40.8 Å². The van der Waals surface area contributed by atoms with Crippen molar-refractivity contribution >= 4 is 21.4 Å². The first kappa shape index (κ1) is 16.8. The van der Waals surface area contributed by atoms with Gasteiger partial charge >= 0.3 is 0 Å². The van der Waals surface area contributed by atoms with E-state index >= 15 is 0 Å². The molecule has 0 amide bonds. The van der Waals surface area contributed by atoms with Crippen LogP contribution in [0.2, 0.25) is 0 Å². The number of hydrogen-bond donors (Lipinski definition) is 0. The summed E-state index contributed by atoms with van der Waals surface area (Å²) in [7, 11) is -3.36. The zero-order chi connectivity index (χ0) is 17.4. The van der Waals surface area contributed by atoms with Crippen molar-refractivity contribution in [1.29, 1.82) is 0 Å². The largest absolute Gasteiger partial charge is 0.454 e. The van der Waals surface area contributed by atoms with Crippen molar-refractivity contribution in [3.8, 4) is 11.5 Å². The Balaban J connectivity index is 1.38. The van der Waals surface area contributed by atoms with Crippen molar-refractivity contribution in [2.45, 2.75) is 17.7 Å². The summed E-state index contributed by atoms with van der Waals surface area (Å²) < 4.78 is 38.1. The second-order valence-corrected chi connectivity index (χ2v) is 9.69. The molecule has 1 saturated heterocycles. The van der Waals surface area contributed by atoms with E-state index in [1.165, 1.54) is 11.3 Å². The lowest BCUT2D eigenvalue weighted by molar-refractivity contribution is 0.173. The summed E-state index contributed by atoms with van der Waals surface area (Å²) in [5.74, 6) is 1.57. The van der Waals surface area contributed by atoms with Gasteiger partial charge in [-0.15, -0.1) is 11.3 Å². The molecule has 25 heavy (non-hydrogen) atoms. The number of aryl methyl sites for hydroxylation is 1. The van der Waals surface area contributed by atoms with Crippen LogP contribution in [0.3, 0.4) is 0 Å². The van der Waals surface area contributed by atoms with E-state index in [2.05, 4.69) is 4.90 Å². The molecule has 0 N–H and O–H groups in total. The molecule has 0 unspecified atom stereocenters. The Morgan fingerprint density at radius 3 is 2.52 bits per heavy atom. The van der Waals surface area contributed by atoms with Gasteiger partial charge in [0.1, 0.15) is 4.21 Å². The van der Waals surface area contributed by atoms with Crippen LogP contribution in [0.15, 0.2) is 34.5 Å². The minimum absolute atomic E-state index is 0.275. The van der Waals surface area contributed by atoms with Crippen LogP contribution in [-0.2, 0) is 16.6 Å². The second kappa shape index (κ2) is 6.60. The number of piperazine rings is 1. The third kappa shape index (κ3) is 3.39. The summed E-state index contributed by atoms with van der Waals surface area (Å²) in [5.41, 5.74) is 1.15. The standard InChI is InChI=1S/C17H20N2O4S2/c1-13-2-5-17(24-13)25(20,21)19-8-6-18(7-9-19)11-14-3-4-15-16(10-14)23-12-22-15/h2-5,10H,6-9,11-12H2,1H3. The highest BCUT2D eigenvalue weighted by Crippen LogP contribution is 2.33. The van der Waals surface area contributed by atoms with E-state index in [9.17, 15) is 8.42 Å². The van der Waals surface area contributed by atoms with Crippen LogP contribution in [0.25, 0.3) is 0 Å². The quantitative estimate of drug-likeness (QED) is 0.815. The zero-order valence-corrected chi connectivity index (χ0v) is 15.6. The summed E-state index contributed by atoms with van der Waals surface area (Å²) in [6, 6.07) is 9.52. The molecule has 0 spiro atoms. The molecule has 8 heteroatoms. The van der Waals surface area contributed by atoms with Crippen LogP contribution in [0, 0.1) is 6.92 Å². The van der Waals surface area contributed by atoms with Gasteiger partial charge in [0.15, 0.2) is 11.5 Å². The summed E-state index contributed by atoms with van der Waals surface area (Å²) in [5, 5.41) is 0. The summed E-state index contributed by atoms with van der Waals surface area (Å²) >= 11 is 1.33. The van der Waals surface area contributed by atoms with E-state index in [4.69, 9.17) is 9.47 Å². The number of sulfonamides is 1. The highest BCUT2D eigenvalue weighted by atomic mass is 32.2. The Bertz CT molecular complexity index is 871. The summed E-state index contributed by atoms with van der Waals surface area (Å²) in [4.78, 5) is 3.28. The van der Waals surface area contributed by atoms with E-state index in [0.717, 1.165) is 41.6 Å². The average Bonchev–Trinajstić information content (AvgIpc) is 3.24. The summed E-state index contributed by atoms with van der Waals surface area (Å²) in [6.45, 7) is 5.46. The number of rotatable bonds is 4. The molecule has 2 aromatic rings. The Morgan fingerprint density at radius 1 is 1.04 bits per heavy atom. The fraction of sp³-hybridized carbons (Fsp3) is 0.412. The van der Waals surface area contributed by atoms with Crippen molar-refractivity contribution in [2.75, 3.05) is 33.0 Å². The molecule has 1 aromatic heterocycles. The molecular formula is C17H20N2O4S2. The minimum Gasteiger partial charge on any atom is -0.454 e. The van der Waals surface area contributed by atoms with Crippen molar-refractivity contribution in [1.82, 2.24) is 9.21 Å².